The molecule has 0 saturated carbocycles. The predicted molar refractivity (Wildman–Crippen MR) is 67.3 cm³/mol. The maximum Gasteiger partial charge on any atom is 0.240 e. The Hall–Kier alpha value is -0.910. The summed E-state index contributed by atoms with van der Waals surface area (Å²) in [5.74, 6) is 0. The molecule has 1 fully saturated rings. The van der Waals surface area contributed by atoms with Crippen LogP contribution in [0.25, 0.3) is 0 Å². The molecule has 1 aromatic carbocycles. The van der Waals surface area contributed by atoms with Crippen molar-refractivity contribution in [3.05, 3.63) is 30.3 Å². The second-order valence-electron chi connectivity index (χ2n) is 4.29. The van der Waals surface area contributed by atoms with E-state index in [9.17, 15) is 8.42 Å². The topological polar surface area (TPSA) is 58.2 Å². The second kappa shape index (κ2) is 5.62. The molecule has 0 bridgehead atoms. The van der Waals surface area contributed by atoms with E-state index in [1.165, 1.54) is 6.42 Å². The molecule has 94 valence electrons. The average molecular weight is 254 g/mol. The maximum absolute atomic E-state index is 11.9. The van der Waals surface area contributed by atoms with Gasteiger partial charge in [0, 0.05) is 12.6 Å². The minimum Gasteiger partial charge on any atom is -0.314 e. The first-order valence-electron chi connectivity index (χ1n) is 5.96. The van der Waals surface area contributed by atoms with E-state index in [0.717, 1.165) is 19.4 Å². The fourth-order valence-corrected chi connectivity index (χ4v) is 3.12. The molecule has 5 heteroatoms. The van der Waals surface area contributed by atoms with E-state index in [-0.39, 0.29) is 0 Å². The lowest BCUT2D eigenvalue weighted by Gasteiger charge is -2.11. The van der Waals surface area contributed by atoms with Gasteiger partial charge in [-0.25, -0.2) is 13.1 Å². The van der Waals surface area contributed by atoms with Crippen molar-refractivity contribution >= 4 is 10.0 Å². The lowest BCUT2D eigenvalue weighted by Crippen LogP contribution is -2.30. The monoisotopic (exact) mass is 254 g/mol. The summed E-state index contributed by atoms with van der Waals surface area (Å²) in [4.78, 5) is 0.333. The van der Waals surface area contributed by atoms with Crippen LogP contribution in [0.3, 0.4) is 0 Å². The Kier molecular flexibility index (Phi) is 4.15. The summed E-state index contributed by atoms with van der Waals surface area (Å²) in [6.45, 7) is 1.55. The van der Waals surface area contributed by atoms with Crippen molar-refractivity contribution in [1.29, 1.82) is 0 Å². The maximum atomic E-state index is 11.9. The van der Waals surface area contributed by atoms with Gasteiger partial charge in [0.25, 0.3) is 0 Å². The van der Waals surface area contributed by atoms with Crippen LogP contribution in [0.15, 0.2) is 35.2 Å². The molecule has 0 radical (unpaired) electrons. The number of sulfonamides is 1. The fourth-order valence-electron chi connectivity index (χ4n) is 2.05. The van der Waals surface area contributed by atoms with Gasteiger partial charge in [-0.2, -0.15) is 0 Å². The van der Waals surface area contributed by atoms with E-state index in [1.54, 1.807) is 24.3 Å². The zero-order valence-corrected chi connectivity index (χ0v) is 10.5. The number of hydrogen-bond acceptors (Lipinski definition) is 3. The van der Waals surface area contributed by atoms with Crippen LogP contribution in [0, 0.1) is 0 Å². The molecule has 0 unspecified atom stereocenters. The third kappa shape index (κ3) is 3.52. The Balaban J connectivity index is 1.85. The van der Waals surface area contributed by atoms with Crippen molar-refractivity contribution in [2.75, 3.05) is 13.1 Å². The third-order valence-electron chi connectivity index (χ3n) is 3.00. The Labute approximate surface area is 102 Å². The summed E-state index contributed by atoms with van der Waals surface area (Å²) in [5.41, 5.74) is 0. The zero-order valence-electron chi connectivity index (χ0n) is 9.72. The summed E-state index contributed by atoms with van der Waals surface area (Å²) in [5, 5.41) is 3.35. The van der Waals surface area contributed by atoms with Gasteiger partial charge in [-0.05, 0) is 37.9 Å². The highest BCUT2D eigenvalue weighted by atomic mass is 32.2. The first-order valence-corrected chi connectivity index (χ1v) is 7.45. The lowest BCUT2D eigenvalue weighted by molar-refractivity contribution is 0.539. The van der Waals surface area contributed by atoms with Crippen molar-refractivity contribution in [2.45, 2.75) is 30.2 Å². The molecular formula is C12H18N2O2S. The number of benzene rings is 1. The van der Waals surface area contributed by atoms with Crippen LogP contribution in [0.2, 0.25) is 0 Å². The van der Waals surface area contributed by atoms with Gasteiger partial charge in [-0.15, -0.1) is 0 Å². The quantitative estimate of drug-likeness (QED) is 0.827. The van der Waals surface area contributed by atoms with Crippen LogP contribution in [0.4, 0.5) is 0 Å². The molecule has 0 spiro atoms. The van der Waals surface area contributed by atoms with Gasteiger partial charge in [0.1, 0.15) is 0 Å². The van der Waals surface area contributed by atoms with Crippen LogP contribution in [-0.4, -0.2) is 27.5 Å². The summed E-state index contributed by atoms with van der Waals surface area (Å²) in [6.07, 6.45) is 3.19. The number of rotatable bonds is 5. The Morgan fingerprint density at radius 3 is 2.71 bits per heavy atom. The molecule has 1 heterocycles. The summed E-state index contributed by atoms with van der Waals surface area (Å²) in [6, 6.07) is 8.95. The fraction of sp³-hybridized carbons (Fsp3) is 0.500. The second-order valence-corrected chi connectivity index (χ2v) is 6.06. The van der Waals surface area contributed by atoms with Gasteiger partial charge in [0.15, 0.2) is 0 Å². The first kappa shape index (κ1) is 12.5. The Bertz CT molecular complexity index is 439. The normalized spacial score (nSPS) is 20.6. The summed E-state index contributed by atoms with van der Waals surface area (Å²) >= 11 is 0. The van der Waals surface area contributed by atoms with Crippen molar-refractivity contribution in [2.24, 2.45) is 0 Å². The number of nitrogens with one attached hydrogen (secondary N) is 2. The lowest BCUT2D eigenvalue weighted by atomic mass is 10.2. The molecule has 2 rings (SSSR count). The molecule has 1 atom stereocenters. The van der Waals surface area contributed by atoms with Crippen molar-refractivity contribution < 1.29 is 8.42 Å². The zero-order chi connectivity index (χ0) is 12.1. The minimum absolute atomic E-state index is 0.333. The van der Waals surface area contributed by atoms with Crippen LogP contribution in [0.1, 0.15) is 19.3 Å². The van der Waals surface area contributed by atoms with Crippen LogP contribution >= 0.6 is 0 Å². The van der Waals surface area contributed by atoms with E-state index < -0.39 is 10.0 Å². The van der Waals surface area contributed by atoms with E-state index in [4.69, 9.17) is 0 Å². The molecule has 2 N–H and O–H groups in total. The van der Waals surface area contributed by atoms with Gasteiger partial charge < -0.3 is 5.32 Å². The van der Waals surface area contributed by atoms with Gasteiger partial charge in [-0.1, -0.05) is 18.2 Å². The molecular weight excluding hydrogens is 236 g/mol. The largest absolute Gasteiger partial charge is 0.314 e. The number of hydrogen-bond donors (Lipinski definition) is 2. The molecule has 4 nitrogen and oxygen atoms in total. The Morgan fingerprint density at radius 2 is 2.06 bits per heavy atom. The predicted octanol–water partition coefficient (Wildman–Crippen LogP) is 1.11. The smallest absolute Gasteiger partial charge is 0.240 e. The van der Waals surface area contributed by atoms with Crippen LogP contribution in [0.5, 0.6) is 0 Å². The van der Waals surface area contributed by atoms with Crippen molar-refractivity contribution in [3.63, 3.8) is 0 Å². The van der Waals surface area contributed by atoms with Crippen molar-refractivity contribution in [3.8, 4) is 0 Å². The Morgan fingerprint density at radius 1 is 1.29 bits per heavy atom. The third-order valence-corrected chi connectivity index (χ3v) is 4.48. The molecule has 0 aromatic heterocycles. The summed E-state index contributed by atoms with van der Waals surface area (Å²) in [7, 11) is -3.33. The summed E-state index contributed by atoms with van der Waals surface area (Å²) < 4.78 is 26.4. The average Bonchev–Trinajstić information content (AvgIpc) is 2.83. The highest BCUT2D eigenvalue weighted by Crippen LogP contribution is 2.10. The molecule has 1 aliphatic heterocycles. The van der Waals surface area contributed by atoms with E-state index in [1.807, 2.05) is 6.07 Å². The molecule has 17 heavy (non-hydrogen) atoms. The molecule has 1 aromatic rings. The highest BCUT2D eigenvalue weighted by molar-refractivity contribution is 7.89. The standard InChI is InChI=1S/C12H18N2O2S/c15-17(16,12-6-2-1-3-7-12)14-10-8-11-5-4-9-13-11/h1-3,6-7,11,13-14H,4-5,8-10H2/t11-/m0/s1. The van der Waals surface area contributed by atoms with Crippen LogP contribution < -0.4 is 10.0 Å². The van der Waals surface area contributed by atoms with Crippen molar-refractivity contribution in [1.82, 2.24) is 10.0 Å². The van der Waals surface area contributed by atoms with Gasteiger partial charge >= 0.3 is 0 Å². The molecule has 1 aliphatic rings. The van der Waals surface area contributed by atoms with Gasteiger partial charge in [0.2, 0.25) is 10.0 Å². The molecule has 1 saturated heterocycles. The van der Waals surface area contributed by atoms with E-state index in [2.05, 4.69) is 10.0 Å². The van der Waals surface area contributed by atoms with Gasteiger partial charge in [0.05, 0.1) is 4.90 Å². The van der Waals surface area contributed by atoms with E-state index in [0.29, 0.717) is 17.5 Å². The molecule has 0 aliphatic carbocycles. The van der Waals surface area contributed by atoms with E-state index >= 15 is 0 Å². The van der Waals surface area contributed by atoms with Gasteiger partial charge in [-0.3, -0.25) is 0 Å². The first-order chi connectivity index (χ1) is 8.18. The SMILES string of the molecule is O=S(=O)(NCC[C@@H]1CCCN1)c1ccccc1. The van der Waals surface area contributed by atoms with Crippen LogP contribution in [-0.2, 0) is 10.0 Å². The minimum atomic E-state index is -3.33. The molecule has 0 amide bonds. The highest BCUT2D eigenvalue weighted by Gasteiger charge is 2.16.